The Hall–Kier alpha value is -3.40. The van der Waals surface area contributed by atoms with Gasteiger partial charge in [0, 0.05) is 31.3 Å². The first-order valence-corrected chi connectivity index (χ1v) is 9.15. The fourth-order valence-electron chi connectivity index (χ4n) is 3.18. The van der Waals surface area contributed by atoms with Crippen molar-refractivity contribution in [1.82, 2.24) is 5.32 Å². The fourth-order valence-corrected chi connectivity index (χ4v) is 3.18. The first kappa shape index (κ1) is 20.3. The number of halogens is 2. The van der Waals surface area contributed by atoms with Crippen molar-refractivity contribution in [2.75, 3.05) is 24.6 Å². The lowest BCUT2D eigenvalue weighted by Gasteiger charge is -2.17. The maximum absolute atomic E-state index is 13.4. The Morgan fingerprint density at radius 1 is 1.21 bits per heavy atom. The van der Waals surface area contributed by atoms with Gasteiger partial charge in [-0.05, 0) is 36.2 Å². The van der Waals surface area contributed by atoms with Crippen LogP contribution in [0.25, 0.3) is 0 Å². The van der Waals surface area contributed by atoms with Gasteiger partial charge in [-0.15, -0.1) is 6.42 Å². The summed E-state index contributed by atoms with van der Waals surface area (Å²) in [6, 6.07) is 10.3. The summed E-state index contributed by atoms with van der Waals surface area (Å²) in [5.74, 6) is 0.378. The largest absolute Gasteiger partial charge is 0.481 e. The molecule has 1 fully saturated rings. The summed E-state index contributed by atoms with van der Waals surface area (Å²) in [6.45, 7) is 0.701. The molecule has 0 bridgehead atoms. The van der Waals surface area contributed by atoms with E-state index < -0.39 is 17.6 Å². The fraction of sp³-hybridized carbons (Fsp3) is 0.273. The summed E-state index contributed by atoms with van der Waals surface area (Å²) in [7, 11) is 0. The van der Waals surface area contributed by atoms with E-state index in [1.165, 1.54) is 4.90 Å². The lowest BCUT2D eigenvalue weighted by atomic mass is 10.1. The summed E-state index contributed by atoms with van der Waals surface area (Å²) in [5, 5.41) is 2.81. The molecule has 1 saturated heterocycles. The Morgan fingerprint density at radius 3 is 2.55 bits per heavy atom. The van der Waals surface area contributed by atoms with Crippen LogP contribution in [-0.4, -0.2) is 31.5 Å². The standard InChI is InChI=1S/C22H20F2N2O3/c1-2-9-29-20-5-3-15(4-6-20)7-8-25-22(28)16-10-21(27)26(14-16)19-12-17(23)11-18(24)13-19/h1,3-6,11-13,16H,7-10,14H2,(H,25,28). The van der Waals surface area contributed by atoms with Gasteiger partial charge in [-0.25, -0.2) is 8.78 Å². The number of ether oxygens (including phenoxy) is 1. The van der Waals surface area contributed by atoms with Crippen molar-refractivity contribution in [2.45, 2.75) is 12.8 Å². The van der Waals surface area contributed by atoms with Gasteiger partial charge in [-0.2, -0.15) is 0 Å². The average molecular weight is 398 g/mol. The average Bonchev–Trinajstić information content (AvgIpc) is 3.08. The molecule has 3 rings (SSSR count). The van der Waals surface area contributed by atoms with Crippen LogP contribution in [0.2, 0.25) is 0 Å². The van der Waals surface area contributed by atoms with Crippen molar-refractivity contribution in [2.24, 2.45) is 5.92 Å². The highest BCUT2D eigenvalue weighted by Crippen LogP contribution is 2.26. The molecular formula is C22H20F2N2O3. The molecule has 29 heavy (non-hydrogen) atoms. The molecule has 2 aromatic carbocycles. The number of carbonyl (C=O) groups excluding carboxylic acids is 2. The molecule has 7 heteroatoms. The summed E-state index contributed by atoms with van der Waals surface area (Å²) >= 11 is 0. The monoisotopic (exact) mass is 398 g/mol. The van der Waals surface area contributed by atoms with E-state index >= 15 is 0 Å². The molecule has 0 aliphatic carbocycles. The second-order valence-electron chi connectivity index (χ2n) is 6.71. The van der Waals surface area contributed by atoms with E-state index in [2.05, 4.69) is 11.2 Å². The number of rotatable bonds is 7. The highest BCUT2D eigenvalue weighted by atomic mass is 19.1. The van der Waals surface area contributed by atoms with E-state index in [1.54, 1.807) is 12.1 Å². The first-order chi connectivity index (χ1) is 14.0. The lowest BCUT2D eigenvalue weighted by Crippen LogP contribution is -2.34. The van der Waals surface area contributed by atoms with Crippen LogP contribution in [0, 0.1) is 29.9 Å². The number of carbonyl (C=O) groups is 2. The molecule has 1 heterocycles. The van der Waals surface area contributed by atoms with Crippen LogP contribution in [0.15, 0.2) is 42.5 Å². The Kier molecular flexibility index (Phi) is 6.45. The highest BCUT2D eigenvalue weighted by Gasteiger charge is 2.35. The molecule has 1 aliphatic heterocycles. The minimum Gasteiger partial charge on any atom is -0.481 e. The molecule has 150 valence electrons. The van der Waals surface area contributed by atoms with Crippen molar-refractivity contribution in [1.29, 1.82) is 0 Å². The number of amides is 2. The SMILES string of the molecule is C#CCOc1ccc(CCNC(=O)C2CC(=O)N(c3cc(F)cc(F)c3)C2)cc1. The highest BCUT2D eigenvalue weighted by molar-refractivity contribution is 6.00. The van der Waals surface area contributed by atoms with Crippen molar-refractivity contribution in [3.05, 3.63) is 59.7 Å². The van der Waals surface area contributed by atoms with Crippen LogP contribution in [-0.2, 0) is 16.0 Å². The minimum atomic E-state index is -0.767. The van der Waals surface area contributed by atoms with Crippen LogP contribution in [0.3, 0.4) is 0 Å². The topological polar surface area (TPSA) is 58.6 Å². The zero-order valence-electron chi connectivity index (χ0n) is 15.7. The summed E-state index contributed by atoms with van der Waals surface area (Å²) in [6.07, 6.45) is 5.76. The van der Waals surface area contributed by atoms with Crippen molar-refractivity contribution >= 4 is 17.5 Å². The van der Waals surface area contributed by atoms with Gasteiger partial charge in [-0.1, -0.05) is 18.1 Å². The number of hydrogen-bond donors (Lipinski definition) is 1. The van der Waals surface area contributed by atoms with Crippen LogP contribution in [0.5, 0.6) is 5.75 Å². The van der Waals surface area contributed by atoms with Crippen molar-refractivity contribution in [3.8, 4) is 18.1 Å². The number of benzene rings is 2. The molecule has 2 amide bonds. The molecule has 1 aliphatic rings. The zero-order valence-corrected chi connectivity index (χ0v) is 15.7. The van der Waals surface area contributed by atoms with Crippen molar-refractivity contribution in [3.63, 3.8) is 0 Å². The molecule has 5 nitrogen and oxygen atoms in total. The number of nitrogens with one attached hydrogen (secondary N) is 1. The summed E-state index contributed by atoms with van der Waals surface area (Å²) in [4.78, 5) is 25.8. The molecule has 1 N–H and O–H groups in total. The Balaban J connectivity index is 1.50. The molecular weight excluding hydrogens is 378 g/mol. The van der Waals surface area contributed by atoms with Crippen molar-refractivity contribution < 1.29 is 23.1 Å². The van der Waals surface area contributed by atoms with Gasteiger partial charge < -0.3 is 15.0 Å². The van der Waals surface area contributed by atoms with E-state index in [-0.39, 0.29) is 37.1 Å². The third-order valence-electron chi connectivity index (χ3n) is 4.61. The second-order valence-corrected chi connectivity index (χ2v) is 6.71. The predicted octanol–water partition coefficient (Wildman–Crippen LogP) is 2.69. The quantitative estimate of drug-likeness (QED) is 0.730. The number of nitrogens with zero attached hydrogens (tertiary/aromatic N) is 1. The normalized spacial score (nSPS) is 15.8. The van der Waals surface area contributed by atoms with Gasteiger partial charge >= 0.3 is 0 Å². The van der Waals surface area contributed by atoms with Gasteiger partial charge in [0.25, 0.3) is 0 Å². The third-order valence-corrected chi connectivity index (χ3v) is 4.61. The lowest BCUT2D eigenvalue weighted by molar-refractivity contribution is -0.126. The summed E-state index contributed by atoms with van der Waals surface area (Å²) < 4.78 is 32.1. The molecule has 0 spiro atoms. The zero-order chi connectivity index (χ0) is 20.8. The van der Waals surface area contributed by atoms with E-state index in [0.717, 1.165) is 23.8 Å². The third kappa shape index (κ3) is 5.32. The molecule has 2 aromatic rings. The van der Waals surface area contributed by atoms with Gasteiger partial charge in [-0.3, -0.25) is 9.59 Å². The van der Waals surface area contributed by atoms with E-state index in [1.807, 2.05) is 12.1 Å². The van der Waals surface area contributed by atoms with E-state index in [9.17, 15) is 18.4 Å². The van der Waals surface area contributed by atoms with Gasteiger partial charge in [0.1, 0.15) is 24.0 Å². The molecule has 1 unspecified atom stereocenters. The van der Waals surface area contributed by atoms with E-state index in [4.69, 9.17) is 11.2 Å². The van der Waals surface area contributed by atoms with Gasteiger partial charge in [0.2, 0.25) is 11.8 Å². The predicted molar refractivity (Wildman–Crippen MR) is 104 cm³/mol. The molecule has 0 aromatic heterocycles. The summed E-state index contributed by atoms with van der Waals surface area (Å²) in [5.41, 5.74) is 1.13. The maximum atomic E-state index is 13.4. The molecule has 0 radical (unpaired) electrons. The van der Waals surface area contributed by atoms with E-state index in [0.29, 0.717) is 18.7 Å². The smallest absolute Gasteiger partial charge is 0.227 e. The molecule has 0 saturated carbocycles. The van der Waals surface area contributed by atoms with Gasteiger partial charge in [0.15, 0.2) is 0 Å². The number of hydrogen-bond acceptors (Lipinski definition) is 3. The maximum Gasteiger partial charge on any atom is 0.227 e. The Labute approximate surface area is 167 Å². The van der Waals surface area contributed by atoms with Crippen LogP contribution < -0.4 is 15.0 Å². The van der Waals surface area contributed by atoms with Crippen LogP contribution in [0.4, 0.5) is 14.5 Å². The Morgan fingerprint density at radius 2 is 1.90 bits per heavy atom. The number of anilines is 1. The number of terminal acetylenes is 1. The van der Waals surface area contributed by atoms with Gasteiger partial charge in [0.05, 0.1) is 5.92 Å². The second kappa shape index (κ2) is 9.20. The first-order valence-electron chi connectivity index (χ1n) is 9.15. The van der Waals surface area contributed by atoms with Crippen LogP contribution >= 0.6 is 0 Å². The molecule has 1 atom stereocenters. The van der Waals surface area contributed by atoms with Crippen LogP contribution in [0.1, 0.15) is 12.0 Å². The Bertz CT molecular complexity index is 918. The minimum absolute atomic E-state index is 0.00514.